The highest BCUT2D eigenvalue weighted by Gasteiger charge is 2.58. The van der Waals surface area contributed by atoms with Gasteiger partial charge < -0.3 is 15.9 Å². The number of carboxylic acid groups (broad SMARTS) is 2. The molecular formula is C6H10ClNO4. The summed E-state index contributed by atoms with van der Waals surface area (Å²) in [6, 6.07) is 0. The minimum absolute atomic E-state index is 0. The van der Waals surface area contributed by atoms with Crippen molar-refractivity contribution in [3.8, 4) is 0 Å². The van der Waals surface area contributed by atoms with Gasteiger partial charge in [-0.3, -0.25) is 9.59 Å². The summed E-state index contributed by atoms with van der Waals surface area (Å²) in [6.07, 6.45) is 0.122. The molecule has 12 heavy (non-hydrogen) atoms. The van der Waals surface area contributed by atoms with E-state index >= 15 is 0 Å². The second-order valence-corrected chi connectivity index (χ2v) is 2.84. The van der Waals surface area contributed by atoms with E-state index in [2.05, 4.69) is 0 Å². The van der Waals surface area contributed by atoms with Crippen LogP contribution in [-0.4, -0.2) is 27.7 Å². The van der Waals surface area contributed by atoms with Crippen LogP contribution in [0.1, 0.15) is 12.8 Å². The molecule has 70 valence electrons. The van der Waals surface area contributed by atoms with Gasteiger partial charge in [0, 0.05) is 5.92 Å². The molecule has 1 saturated carbocycles. The topological polar surface area (TPSA) is 101 Å². The maximum atomic E-state index is 10.4. The summed E-state index contributed by atoms with van der Waals surface area (Å²) in [5.74, 6) is -2.50. The van der Waals surface area contributed by atoms with Crippen molar-refractivity contribution in [3.05, 3.63) is 0 Å². The first-order valence-electron chi connectivity index (χ1n) is 3.21. The number of carbonyl (C=O) groups is 2. The van der Waals surface area contributed by atoms with E-state index in [1.165, 1.54) is 0 Å². The van der Waals surface area contributed by atoms with Gasteiger partial charge in [0.05, 0.1) is 6.42 Å². The van der Waals surface area contributed by atoms with Crippen molar-refractivity contribution in [2.24, 2.45) is 11.7 Å². The fourth-order valence-corrected chi connectivity index (χ4v) is 1.08. The summed E-state index contributed by atoms with van der Waals surface area (Å²) in [6.45, 7) is 0. The minimum Gasteiger partial charge on any atom is -0.481 e. The first-order chi connectivity index (χ1) is 4.97. The molecule has 0 aromatic rings. The third-order valence-electron chi connectivity index (χ3n) is 1.97. The Morgan fingerprint density at radius 1 is 1.50 bits per heavy atom. The summed E-state index contributed by atoms with van der Waals surface area (Å²) >= 11 is 0. The zero-order valence-electron chi connectivity index (χ0n) is 6.19. The molecule has 1 rings (SSSR count). The van der Waals surface area contributed by atoms with Crippen LogP contribution < -0.4 is 5.73 Å². The predicted octanol–water partition coefficient (Wildman–Crippen LogP) is -0.315. The van der Waals surface area contributed by atoms with Crippen molar-refractivity contribution in [1.29, 1.82) is 0 Å². The molecule has 4 N–H and O–H groups in total. The Hall–Kier alpha value is -0.810. The van der Waals surface area contributed by atoms with Gasteiger partial charge in [-0.2, -0.15) is 0 Å². The number of hydrogen-bond acceptors (Lipinski definition) is 3. The molecule has 2 atom stereocenters. The van der Waals surface area contributed by atoms with Gasteiger partial charge in [0.25, 0.3) is 0 Å². The largest absolute Gasteiger partial charge is 0.481 e. The van der Waals surface area contributed by atoms with Crippen molar-refractivity contribution < 1.29 is 19.8 Å². The van der Waals surface area contributed by atoms with Gasteiger partial charge in [0.1, 0.15) is 5.54 Å². The van der Waals surface area contributed by atoms with Crippen LogP contribution >= 0.6 is 12.4 Å². The number of hydrogen-bond donors (Lipinski definition) is 3. The molecule has 6 heteroatoms. The molecule has 0 spiro atoms. The fourth-order valence-electron chi connectivity index (χ4n) is 1.08. The quantitative estimate of drug-likeness (QED) is 0.573. The first kappa shape index (κ1) is 11.2. The molecular weight excluding hydrogens is 186 g/mol. The van der Waals surface area contributed by atoms with Gasteiger partial charge >= 0.3 is 11.9 Å². The average molecular weight is 196 g/mol. The normalized spacial score (nSPS) is 31.9. The molecule has 0 amide bonds. The average Bonchev–Trinajstić information content (AvgIpc) is 2.42. The first-order valence-corrected chi connectivity index (χ1v) is 3.21. The number of halogens is 1. The lowest BCUT2D eigenvalue weighted by atomic mass is 10.2. The van der Waals surface area contributed by atoms with Gasteiger partial charge in [0.15, 0.2) is 0 Å². The van der Waals surface area contributed by atoms with E-state index in [9.17, 15) is 9.59 Å². The lowest BCUT2D eigenvalue weighted by molar-refractivity contribution is -0.140. The number of nitrogens with two attached hydrogens (primary N) is 1. The fraction of sp³-hybridized carbons (Fsp3) is 0.667. The van der Waals surface area contributed by atoms with Crippen molar-refractivity contribution in [1.82, 2.24) is 0 Å². The Morgan fingerprint density at radius 3 is 2.25 bits per heavy atom. The summed E-state index contributed by atoms with van der Waals surface area (Å²) < 4.78 is 0. The zero-order valence-corrected chi connectivity index (χ0v) is 7.00. The maximum Gasteiger partial charge on any atom is 0.323 e. The third kappa shape index (κ3) is 1.86. The van der Waals surface area contributed by atoms with E-state index in [-0.39, 0.29) is 25.2 Å². The molecule has 0 aromatic carbocycles. The molecule has 2 unspecified atom stereocenters. The van der Waals surface area contributed by atoms with E-state index in [0.717, 1.165) is 0 Å². The van der Waals surface area contributed by atoms with Crippen LogP contribution in [0, 0.1) is 5.92 Å². The molecule has 1 aliphatic carbocycles. The van der Waals surface area contributed by atoms with Crippen molar-refractivity contribution in [2.75, 3.05) is 0 Å². The van der Waals surface area contributed by atoms with Crippen LogP contribution in [0.25, 0.3) is 0 Å². The lowest BCUT2D eigenvalue weighted by Crippen LogP contribution is -2.35. The molecule has 1 aliphatic rings. The van der Waals surface area contributed by atoms with E-state index < -0.39 is 23.4 Å². The van der Waals surface area contributed by atoms with Gasteiger partial charge in [-0.25, -0.2) is 0 Å². The van der Waals surface area contributed by atoms with Crippen LogP contribution in [0.2, 0.25) is 0 Å². The summed E-state index contributed by atoms with van der Waals surface area (Å²) in [5, 5.41) is 16.8. The lowest BCUT2D eigenvalue weighted by Gasteiger charge is -2.01. The molecule has 0 radical (unpaired) electrons. The Kier molecular flexibility index (Phi) is 3.06. The van der Waals surface area contributed by atoms with Crippen molar-refractivity contribution in [3.63, 3.8) is 0 Å². The van der Waals surface area contributed by atoms with Crippen molar-refractivity contribution in [2.45, 2.75) is 18.4 Å². The zero-order chi connectivity index (χ0) is 8.65. The van der Waals surface area contributed by atoms with E-state index in [4.69, 9.17) is 15.9 Å². The predicted molar refractivity (Wildman–Crippen MR) is 42.2 cm³/mol. The molecule has 0 aliphatic heterocycles. The SMILES string of the molecule is Cl.NC1(C(=O)O)CC1CC(=O)O. The highest BCUT2D eigenvalue weighted by molar-refractivity contribution is 5.85. The van der Waals surface area contributed by atoms with E-state index in [0.29, 0.717) is 0 Å². The molecule has 0 bridgehead atoms. The van der Waals surface area contributed by atoms with Gasteiger partial charge in [-0.05, 0) is 6.42 Å². The van der Waals surface area contributed by atoms with Crippen LogP contribution in [0.5, 0.6) is 0 Å². The smallest absolute Gasteiger partial charge is 0.323 e. The highest BCUT2D eigenvalue weighted by Crippen LogP contribution is 2.43. The van der Waals surface area contributed by atoms with E-state index in [1.807, 2.05) is 0 Å². The van der Waals surface area contributed by atoms with Gasteiger partial charge in [-0.1, -0.05) is 0 Å². The van der Waals surface area contributed by atoms with Gasteiger partial charge in [-0.15, -0.1) is 12.4 Å². The van der Waals surface area contributed by atoms with Crippen LogP contribution in [0.15, 0.2) is 0 Å². The number of aliphatic carboxylic acids is 2. The van der Waals surface area contributed by atoms with Crippen molar-refractivity contribution >= 4 is 24.3 Å². The van der Waals surface area contributed by atoms with Crippen LogP contribution in [-0.2, 0) is 9.59 Å². The Morgan fingerprint density at radius 2 is 2.00 bits per heavy atom. The molecule has 0 saturated heterocycles. The number of carboxylic acids is 2. The molecule has 0 aromatic heterocycles. The standard InChI is InChI=1S/C6H9NO4.ClH/c7-6(5(10)11)2-3(6)1-4(8)9;/h3H,1-2,7H2,(H,8,9)(H,10,11);1H. The Balaban J connectivity index is 0.00000121. The van der Waals surface area contributed by atoms with E-state index in [1.54, 1.807) is 0 Å². The minimum atomic E-state index is -1.27. The molecule has 1 fully saturated rings. The monoisotopic (exact) mass is 195 g/mol. The molecule has 0 heterocycles. The van der Waals surface area contributed by atoms with Crippen LogP contribution in [0.3, 0.4) is 0 Å². The second kappa shape index (κ2) is 3.28. The molecule has 5 nitrogen and oxygen atoms in total. The third-order valence-corrected chi connectivity index (χ3v) is 1.97. The summed E-state index contributed by atoms with van der Waals surface area (Å²) in [7, 11) is 0. The Labute approximate surface area is 75.0 Å². The maximum absolute atomic E-state index is 10.4. The van der Waals surface area contributed by atoms with Gasteiger partial charge in [0.2, 0.25) is 0 Å². The summed E-state index contributed by atoms with van der Waals surface area (Å²) in [4.78, 5) is 20.5. The number of rotatable bonds is 3. The Bertz CT molecular complexity index is 220. The van der Waals surface area contributed by atoms with Crippen LogP contribution in [0.4, 0.5) is 0 Å². The summed E-state index contributed by atoms with van der Waals surface area (Å²) in [5.41, 5.74) is 4.05. The second-order valence-electron chi connectivity index (χ2n) is 2.84. The highest BCUT2D eigenvalue weighted by atomic mass is 35.5.